The summed E-state index contributed by atoms with van der Waals surface area (Å²) < 4.78 is 10.8. The predicted octanol–water partition coefficient (Wildman–Crippen LogP) is 3.65. The number of carbonyl (C=O) groups is 1. The summed E-state index contributed by atoms with van der Waals surface area (Å²) in [5.41, 5.74) is 1.66. The average molecular weight is 392 g/mol. The molecule has 2 aromatic heterocycles. The summed E-state index contributed by atoms with van der Waals surface area (Å²) in [6.45, 7) is 3.30. The zero-order valence-corrected chi connectivity index (χ0v) is 16.6. The molecule has 0 radical (unpaired) electrons. The molecule has 3 aromatic rings. The van der Waals surface area contributed by atoms with Crippen LogP contribution in [0.3, 0.4) is 0 Å². The Bertz CT molecular complexity index is 965. The molecule has 4 rings (SSSR count). The van der Waals surface area contributed by atoms with E-state index in [1.54, 1.807) is 13.3 Å². The van der Waals surface area contributed by atoms with Gasteiger partial charge in [0.15, 0.2) is 0 Å². The van der Waals surface area contributed by atoms with E-state index >= 15 is 0 Å². The van der Waals surface area contributed by atoms with E-state index in [1.165, 1.54) is 0 Å². The minimum absolute atomic E-state index is 0.136. The highest BCUT2D eigenvalue weighted by Gasteiger charge is 2.30. The highest BCUT2D eigenvalue weighted by Crippen LogP contribution is 2.30. The summed E-state index contributed by atoms with van der Waals surface area (Å²) in [5, 5.41) is 4.06. The van der Waals surface area contributed by atoms with Crippen molar-refractivity contribution in [2.24, 2.45) is 0 Å². The van der Waals surface area contributed by atoms with Crippen LogP contribution in [0, 0.1) is 0 Å². The minimum atomic E-state index is -0.208. The van der Waals surface area contributed by atoms with E-state index in [2.05, 4.69) is 15.1 Å². The lowest BCUT2D eigenvalue weighted by atomic mass is 9.94. The van der Waals surface area contributed by atoms with Crippen LogP contribution >= 0.6 is 0 Å². The fraction of sp³-hybridized carbons (Fsp3) is 0.364. The fourth-order valence-electron chi connectivity index (χ4n) is 3.67. The number of hydrogen-bond acceptors (Lipinski definition) is 6. The Kier molecular flexibility index (Phi) is 5.55. The highest BCUT2D eigenvalue weighted by atomic mass is 16.5. The summed E-state index contributed by atoms with van der Waals surface area (Å²) in [6, 6.07) is 13.3. The van der Waals surface area contributed by atoms with Crippen LogP contribution in [0.15, 0.2) is 53.2 Å². The van der Waals surface area contributed by atoms with Crippen molar-refractivity contribution in [1.29, 1.82) is 0 Å². The van der Waals surface area contributed by atoms with Gasteiger partial charge in [0.2, 0.25) is 17.6 Å². The molecule has 1 aliphatic heterocycles. The number of aromatic nitrogens is 3. The standard InChI is InChI=1S/C22H24N4O3/c1-15(17-6-5-7-18(14-17)28-2)22(27)26-12-9-16(10-13-26)21-24-20(25-29-21)19-8-3-4-11-23-19/h3-8,11,14-16H,9-10,12-13H2,1-2H3. The fourth-order valence-corrected chi connectivity index (χ4v) is 3.67. The van der Waals surface area contributed by atoms with Gasteiger partial charge >= 0.3 is 0 Å². The first-order valence-corrected chi connectivity index (χ1v) is 9.83. The number of carbonyl (C=O) groups excluding carboxylic acids is 1. The van der Waals surface area contributed by atoms with Crippen LogP contribution < -0.4 is 4.74 Å². The van der Waals surface area contributed by atoms with Gasteiger partial charge in [0.05, 0.1) is 13.0 Å². The molecular formula is C22H24N4O3. The van der Waals surface area contributed by atoms with Crippen LogP contribution in [-0.2, 0) is 4.79 Å². The Balaban J connectivity index is 1.38. The van der Waals surface area contributed by atoms with Gasteiger partial charge in [0.1, 0.15) is 11.4 Å². The van der Waals surface area contributed by atoms with Gasteiger partial charge in [-0.05, 0) is 49.6 Å². The number of piperidine rings is 1. The number of likely N-dealkylation sites (tertiary alicyclic amines) is 1. The third-order valence-corrected chi connectivity index (χ3v) is 5.46. The van der Waals surface area contributed by atoms with Gasteiger partial charge in [0, 0.05) is 25.2 Å². The minimum Gasteiger partial charge on any atom is -0.497 e. The Morgan fingerprint density at radius 1 is 1.21 bits per heavy atom. The third kappa shape index (κ3) is 4.13. The second-order valence-corrected chi connectivity index (χ2v) is 7.27. The number of rotatable bonds is 5. The zero-order valence-electron chi connectivity index (χ0n) is 16.6. The quantitative estimate of drug-likeness (QED) is 0.659. The van der Waals surface area contributed by atoms with Gasteiger partial charge in [-0.25, -0.2) is 0 Å². The summed E-state index contributed by atoms with van der Waals surface area (Å²) in [5.74, 6) is 1.98. The van der Waals surface area contributed by atoms with Crippen LogP contribution in [0.25, 0.3) is 11.5 Å². The number of hydrogen-bond donors (Lipinski definition) is 0. The van der Waals surface area contributed by atoms with Gasteiger partial charge in [-0.15, -0.1) is 0 Å². The lowest BCUT2D eigenvalue weighted by Gasteiger charge is -2.32. The maximum absolute atomic E-state index is 13.0. The molecular weight excluding hydrogens is 368 g/mol. The summed E-state index contributed by atoms with van der Waals surface area (Å²) in [6.07, 6.45) is 3.32. The van der Waals surface area contributed by atoms with Gasteiger partial charge < -0.3 is 14.2 Å². The van der Waals surface area contributed by atoms with Crippen LogP contribution in [-0.4, -0.2) is 46.1 Å². The third-order valence-electron chi connectivity index (χ3n) is 5.46. The molecule has 0 spiro atoms. The van der Waals surface area contributed by atoms with Gasteiger partial charge in [-0.3, -0.25) is 9.78 Å². The summed E-state index contributed by atoms with van der Waals surface area (Å²) in [7, 11) is 1.63. The van der Waals surface area contributed by atoms with E-state index in [9.17, 15) is 4.79 Å². The number of amides is 1. The van der Waals surface area contributed by atoms with Crippen molar-refractivity contribution in [2.45, 2.75) is 31.6 Å². The van der Waals surface area contributed by atoms with E-state index < -0.39 is 0 Å². The maximum atomic E-state index is 13.0. The first-order chi connectivity index (χ1) is 14.2. The van der Waals surface area contributed by atoms with Crippen LogP contribution in [0.1, 0.15) is 43.1 Å². The van der Waals surface area contributed by atoms with Crippen molar-refractivity contribution < 1.29 is 14.1 Å². The van der Waals surface area contributed by atoms with Crippen molar-refractivity contribution in [1.82, 2.24) is 20.0 Å². The van der Waals surface area contributed by atoms with Gasteiger partial charge in [0.25, 0.3) is 0 Å². The Labute approximate surface area is 169 Å². The smallest absolute Gasteiger partial charge is 0.230 e. The molecule has 0 saturated carbocycles. The summed E-state index contributed by atoms with van der Waals surface area (Å²) in [4.78, 5) is 23.7. The molecule has 7 nitrogen and oxygen atoms in total. The molecule has 29 heavy (non-hydrogen) atoms. The average Bonchev–Trinajstić information content (AvgIpc) is 3.29. The molecule has 1 saturated heterocycles. The number of methoxy groups -OCH3 is 1. The van der Waals surface area contributed by atoms with Gasteiger partial charge in [-0.1, -0.05) is 23.4 Å². The molecule has 3 heterocycles. The molecule has 1 atom stereocenters. The van der Waals surface area contributed by atoms with Crippen molar-refractivity contribution in [3.63, 3.8) is 0 Å². The first kappa shape index (κ1) is 19.1. The number of benzene rings is 1. The van der Waals surface area contributed by atoms with Crippen molar-refractivity contribution in [3.8, 4) is 17.3 Å². The topological polar surface area (TPSA) is 81.4 Å². The van der Waals surface area contributed by atoms with Crippen LogP contribution in [0.4, 0.5) is 0 Å². The molecule has 1 unspecified atom stereocenters. The van der Waals surface area contributed by atoms with Crippen molar-refractivity contribution in [3.05, 3.63) is 60.1 Å². The molecule has 7 heteroatoms. The molecule has 0 N–H and O–H groups in total. The second kappa shape index (κ2) is 8.43. The molecule has 1 aliphatic rings. The molecule has 1 amide bonds. The molecule has 150 valence electrons. The predicted molar refractivity (Wildman–Crippen MR) is 107 cm³/mol. The SMILES string of the molecule is COc1cccc(C(C)C(=O)N2CCC(c3nc(-c4ccccn4)no3)CC2)c1. The number of pyridine rings is 1. The number of ether oxygens (including phenoxy) is 1. The van der Waals surface area contributed by atoms with Gasteiger partial charge in [-0.2, -0.15) is 4.98 Å². The molecule has 1 fully saturated rings. The molecule has 0 aliphatic carbocycles. The Morgan fingerprint density at radius 3 is 2.76 bits per heavy atom. The number of nitrogens with zero attached hydrogens (tertiary/aromatic N) is 4. The zero-order chi connectivity index (χ0) is 20.2. The normalized spacial score (nSPS) is 15.9. The van der Waals surface area contributed by atoms with E-state index in [0.717, 1.165) is 24.2 Å². The van der Waals surface area contributed by atoms with Crippen molar-refractivity contribution >= 4 is 5.91 Å². The monoisotopic (exact) mass is 392 g/mol. The molecule has 0 bridgehead atoms. The maximum Gasteiger partial charge on any atom is 0.230 e. The lowest BCUT2D eigenvalue weighted by molar-refractivity contribution is -0.133. The molecule has 1 aromatic carbocycles. The highest BCUT2D eigenvalue weighted by molar-refractivity contribution is 5.83. The van der Waals surface area contributed by atoms with E-state index in [-0.39, 0.29) is 17.7 Å². The van der Waals surface area contributed by atoms with Crippen LogP contribution in [0.2, 0.25) is 0 Å². The second-order valence-electron chi connectivity index (χ2n) is 7.27. The van der Waals surface area contributed by atoms with E-state index in [0.29, 0.717) is 30.5 Å². The Morgan fingerprint density at radius 2 is 2.03 bits per heavy atom. The summed E-state index contributed by atoms with van der Waals surface area (Å²) >= 11 is 0. The Hall–Kier alpha value is -3.22. The lowest BCUT2D eigenvalue weighted by Crippen LogP contribution is -2.40. The van der Waals surface area contributed by atoms with Crippen LogP contribution in [0.5, 0.6) is 5.75 Å². The first-order valence-electron chi connectivity index (χ1n) is 9.83. The largest absolute Gasteiger partial charge is 0.497 e. The van der Waals surface area contributed by atoms with E-state index in [4.69, 9.17) is 9.26 Å². The van der Waals surface area contributed by atoms with E-state index in [1.807, 2.05) is 54.3 Å². The van der Waals surface area contributed by atoms with Crippen molar-refractivity contribution in [2.75, 3.05) is 20.2 Å².